The van der Waals surface area contributed by atoms with Gasteiger partial charge in [-0.15, -0.1) is 0 Å². The molecule has 0 radical (unpaired) electrons. The highest BCUT2D eigenvalue weighted by Crippen LogP contribution is 2.21. The largest absolute Gasteiger partial charge is 0.392 e. The van der Waals surface area contributed by atoms with Crippen LogP contribution in [0.3, 0.4) is 0 Å². The molecule has 1 aromatic carbocycles. The fraction of sp³-hybridized carbons (Fsp3) is 0.154. The summed E-state index contributed by atoms with van der Waals surface area (Å²) < 4.78 is 38.8. The molecule has 0 amide bonds. The van der Waals surface area contributed by atoms with E-state index >= 15 is 0 Å². The summed E-state index contributed by atoms with van der Waals surface area (Å²) in [5, 5.41) is 8.74. The third kappa shape index (κ3) is 2.78. The highest BCUT2D eigenvalue weighted by molar-refractivity contribution is 7.92. The van der Waals surface area contributed by atoms with E-state index in [0.717, 1.165) is 10.4 Å². The summed E-state index contributed by atoms with van der Waals surface area (Å²) in [6.07, 6.45) is 1.28. The molecular weight excluding hydrogens is 283 g/mol. The molecule has 0 aliphatic rings. The van der Waals surface area contributed by atoms with Gasteiger partial charge in [-0.25, -0.2) is 9.37 Å². The number of nitrogens with zero attached hydrogens (tertiary/aromatic N) is 2. The van der Waals surface area contributed by atoms with E-state index in [4.69, 9.17) is 5.11 Å². The Morgan fingerprint density at radius 1 is 1.30 bits per heavy atom. The van der Waals surface area contributed by atoms with E-state index < -0.39 is 15.8 Å². The van der Waals surface area contributed by atoms with Crippen molar-refractivity contribution in [1.82, 2.24) is 4.98 Å². The molecule has 5 nitrogen and oxygen atoms in total. The van der Waals surface area contributed by atoms with Crippen LogP contribution in [0.5, 0.6) is 0 Å². The fourth-order valence-electron chi connectivity index (χ4n) is 1.61. The van der Waals surface area contributed by atoms with Crippen molar-refractivity contribution in [3.05, 3.63) is 54.0 Å². The van der Waals surface area contributed by atoms with Gasteiger partial charge >= 0.3 is 0 Å². The van der Waals surface area contributed by atoms with Gasteiger partial charge in [0.05, 0.1) is 12.3 Å². The van der Waals surface area contributed by atoms with Crippen LogP contribution in [0.1, 0.15) is 5.56 Å². The smallest absolute Gasteiger partial charge is 0.281 e. The first-order valence-corrected chi connectivity index (χ1v) is 7.19. The highest BCUT2D eigenvalue weighted by Gasteiger charge is 2.22. The molecule has 1 heterocycles. The average Bonchev–Trinajstić information content (AvgIpc) is 2.46. The van der Waals surface area contributed by atoms with Gasteiger partial charge in [0.2, 0.25) is 0 Å². The minimum absolute atomic E-state index is 0.165. The number of hydrogen-bond acceptors (Lipinski definition) is 4. The molecule has 1 N–H and O–H groups in total. The quantitative estimate of drug-likeness (QED) is 0.929. The summed E-state index contributed by atoms with van der Waals surface area (Å²) in [7, 11) is -2.53. The van der Waals surface area contributed by atoms with Gasteiger partial charge in [-0.3, -0.25) is 4.31 Å². The Labute approximate surface area is 116 Å². The Balaban J connectivity index is 2.38. The van der Waals surface area contributed by atoms with Crippen molar-refractivity contribution in [3.8, 4) is 0 Å². The minimum Gasteiger partial charge on any atom is -0.392 e. The van der Waals surface area contributed by atoms with Gasteiger partial charge in [0.25, 0.3) is 10.0 Å². The first-order chi connectivity index (χ1) is 9.45. The molecule has 1 aromatic heterocycles. The summed E-state index contributed by atoms with van der Waals surface area (Å²) in [5.41, 5.74) is 0.718. The van der Waals surface area contributed by atoms with Gasteiger partial charge in [-0.05, 0) is 29.8 Å². The number of halogens is 1. The monoisotopic (exact) mass is 296 g/mol. The summed E-state index contributed by atoms with van der Waals surface area (Å²) in [5.74, 6) is -0.520. The zero-order valence-electron chi connectivity index (χ0n) is 10.7. The first-order valence-electron chi connectivity index (χ1n) is 5.75. The molecule has 0 aliphatic carbocycles. The van der Waals surface area contributed by atoms with Crippen molar-refractivity contribution in [2.24, 2.45) is 0 Å². The number of sulfonamides is 1. The molecule has 0 fully saturated rings. The highest BCUT2D eigenvalue weighted by atomic mass is 32.2. The van der Waals surface area contributed by atoms with E-state index in [2.05, 4.69) is 4.98 Å². The van der Waals surface area contributed by atoms with E-state index in [1.807, 2.05) is 0 Å². The van der Waals surface area contributed by atoms with Gasteiger partial charge in [0.1, 0.15) is 5.82 Å². The second-order valence-corrected chi connectivity index (χ2v) is 6.03. The van der Waals surface area contributed by atoms with Gasteiger partial charge in [-0.1, -0.05) is 12.1 Å². The number of benzene rings is 1. The Morgan fingerprint density at radius 2 is 2.05 bits per heavy atom. The Bertz CT molecular complexity index is 702. The molecule has 0 aliphatic heterocycles. The van der Waals surface area contributed by atoms with Crippen molar-refractivity contribution < 1.29 is 17.9 Å². The van der Waals surface area contributed by atoms with Crippen molar-refractivity contribution >= 4 is 15.7 Å². The summed E-state index contributed by atoms with van der Waals surface area (Å²) in [6, 6.07) is 8.05. The van der Waals surface area contributed by atoms with Gasteiger partial charge in [-0.2, -0.15) is 8.42 Å². The second kappa shape index (κ2) is 5.56. The molecule has 106 valence electrons. The molecule has 0 unspecified atom stereocenters. The summed E-state index contributed by atoms with van der Waals surface area (Å²) in [4.78, 5) is 3.81. The molecular formula is C13H13FN2O3S. The lowest BCUT2D eigenvalue weighted by molar-refractivity contribution is 0.281. The molecule has 0 spiro atoms. The lowest BCUT2D eigenvalue weighted by atomic mass is 10.3. The predicted molar refractivity (Wildman–Crippen MR) is 72.1 cm³/mol. The molecule has 0 bridgehead atoms. The van der Waals surface area contributed by atoms with Gasteiger partial charge < -0.3 is 5.11 Å². The first kappa shape index (κ1) is 14.4. The molecule has 0 atom stereocenters. The van der Waals surface area contributed by atoms with Crippen LogP contribution in [-0.4, -0.2) is 25.6 Å². The Hall–Kier alpha value is -1.99. The number of rotatable bonds is 4. The number of hydrogen-bond donors (Lipinski definition) is 1. The second-order valence-electron chi connectivity index (χ2n) is 4.12. The van der Waals surface area contributed by atoms with E-state index in [1.54, 1.807) is 0 Å². The predicted octanol–water partition coefficient (Wildman–Crippen LogP) is 1.54. The summed E-state index contributed by atoms with van der Waals surface area (Å²) >= 11 is 0. The van der Waals surface area contributed by atoms with E-state index in [9.17, 15) is 12.8 Å². The number of aliphatic hydroxyl groups is 1. The third-order valence-electron chi connectivity index (χ3n) is 2.78. The van der Waals surface area contributed by atoms with Crippen molar-refractivity contribution in [1.29, 1.82) is 0 Å². The number of anilines is 1. The van der Waals surface area contributed by atoms with Crippen LogP contribution in [-0.2, 0) is 16.6 Å². The van der Waals surface area contributed by atoms with Crippen LogP contribution in [0, 0.1) is 5.82 Å². The van der Waals surface area contributed by atoms with Crippen LogP contribution >= 0.6 is 0 Å². The van der Waals surface area contributed by atoms with Gasteiger partial charge in [0.15, 0.2) is 5.03 Å². The van der Waals surface area contributed by atoms with E-state index in [0.29, 0.717) is 5.56 Å². The van der Waals surface area contributed by atoms with Crippen molar-refractivity contribution in [2.45, 2.75) is 11.6 Å². The maximum Gasteiger partial charge on any atom is 0.281 e. The summed E-state index contributed by atoms with van der Waals surface area (Å²) in [6.45, 7) is -0.215. The topological polar surface area (TPSA) is 70.5 Å². The normalized spacial score (nSPS) is 11.3. The van der Waals surface area contributed by atoms with Crippen LogP contribution < -0.4 is 4.31 Å². The lowest BCUT2D eigenvalue weighted by Gasteiger charge is -2.18. The molecule has 20 heavy (non-hydrogen) atoms. The van der Waals surface area contributed by atoms with Crippen molar-refractivity contribution in [2.75, 3.05) is 11.4 Å². The van der Waals surface area contributed by atoms with E-state index in [1.165, 1.54) is 43.6 Å². The third-order valence-corrected chi connectivity index (χ3v) is 4.48. The van der Waals surface area contributed by atoms with Crippen LogP contribution in [0.25, 0.3) is 0 Å². The van der Waals surface area contributed by atoms with Crippen LogP contribution in [0.2, 0.25) is 0 Å². The number of aliphatic hydroxyl groups excluding tert-OH is 1. The minimum atomic E-state index is -3.86. The van der Waals surface area contributed by atoms with E-state index in [-0.39, 0.29) is 17.3 Å². The average molecular weight is 296 g/mol. The Kier molecular flexibility index (Phi) is 4.01. The number of aromatic nitrogens is 1. The zero-order valence-corrected chi connectivity index (χ0v) is 11.5. The lowest BCUT2D eigenvalue weighted by Crippen LogP contribution is -2.27. The fourth-order valence-corrected chi connectivity index (χ4v) is 2.71. The van der Waals surface area contributed by atoms with Crippen LogP contribution in [0.15, 0.2) is 47.6 Å². The maximum absolute atomic E-state index is 13.2. The molecule has 2 aromatic rings. The Morgan fingerprint density at radius 3 is 2.60 bits per heavy atom. The molecule has 2 rings (SSSR count). The number of pyridine rings is 1. The zero-order chi connectivity index (χ0) is 14.8. The molecule has 0 saturated heterocycles. The standard InChI is InChI=1S/C13H13FN2O3S/c1-16(12-4-2-3-11(14)7-12)20(18,19)13-6-5-10(9-17)8-15-13/h2-8,17H,9H2,1H3. The molecule has 0 saturated carbocycles. The SMILES string of the molecule is CN(c1cccc(F)c1)S(=O)(=O)c1ccc(CO)cn1. The van der Waals surface area contributed by atoms with Crippen molar-refractivity contribution in [3.63, 3.8) is 0 Å². The van der Waals surface area contributed by atoms with Crippen LogP contribution in [0.4, 0.5) is 10.1 Å². The maximum atomic E-state index is 13.2. The molecule has 7 heteroatoms. The van der Waals surface area contributed by atoms with Gasteiger partial charge in [0, 0.05) is 13.2 Å².